The molecule has 1 aliphatic heterocycles. The summed E-state index contributed by atoms with van der Waals surface area (Å²) in [6, 6.07) is 1.97. The molecule has 0 aliphatic carbocycles. The van der Waals surface area contributed by atoms with Crippen LogP contribution in [0.1, 0.15) is 0 Å². The predicted octanol–water partition coefficient (Wildman–Crippen LogP) is 1.20. The second-order valence-electron chi connectivity index (χ2n) is 5.60. The molecule has 1 aliphatic rings. The average molecular weight is 342 g/mol. The first-order valence-electron chi connectivity index (χ1n) is 7.75. The van der Waals surface area contributed by atoms with Gasteiger partial charge in [-0.2, -0.15) is 0 Å². The molecule has 0 atom stereocenters. The zero-order valence-electron chi connectivity index (χ0n) is 13.6. The van der Waals surface area contributed by atoms with E-state index in [0.717, 1.165) is 54.1 Å². The highest BCUT2D eigenvalue weighted by Gasteiger charge is 2.22. The van der Waals surface area contributed by atoms with Crippen LogP contribution in [0.2, 0.25) is 0 Å². The van der Waals surface area contributed by atoms with E-state index in [1.165, 1.54) is 0 Å². The van der Waals surface area contributed by atoms with Crippen LogP contribution in [0.25, 0.3) is 11.2 Å². The summed E-state index contributed by atoms with van der Waals surface area (Å²) < 4.78 is 1.98. The largest absolute Gasteiger partial charge is 0.353 e. The molecule has 0 saturated carbocycles. The summed E-state index contributed by atoms with van der Waals surface area (Å²) in [5.74, 6) is 1.94. The van der Waals surface area contributed by atoms with Crippen LogP contribution in [0.4, 0.5) is 11.6 Å². The SMILES string of the molecule is CSc1nccc(N2CCN(c3ncnc4ncn(C)c34)CC2)n1. The molecule has 8 nitrogen and oxygen atoms in total. The molecule has 0 bridgehead atoms. The second kappa shape index (κ2) is 6.23. The van der Waals surface area contributed by atoms with Crippen LogP contribution in [0.15, 0.2) is 30.1 Å². The average Bonchev–Trinajstić information content (AvgIpc) is 3.03. The number of hydrogen-bond acceptors (Lipinski definition) is 8. The van der Waals surface area contributed by atoms with Crippen molar-refractivity contribution in [3.8, 4) is 0 Å². The van der Waals surface area contributed by atoms with Gasteiger partial charge in [-0.3, -0.25) is 0 Å². The molecular formula is C15H18N8S. The van der Waals surface area contributed by atoms with Gasteiger partial charge < -0.3 is 14.4 Å². The van der Waals surface area contributed by atoms with Crippen molar-refractivity contribution in [2.75, 3.05) is 42.2 Å². The number of nitrogens with zero attached hydrogens (tertiary/aromatic N) is 8. The highest BCUT2D eigenvalue weighted by atomic mass is 32.2. The number of anilines is 2. The summed E-state index contributed by atoms with van der Waals surface area (Å²) in [7, 11) is 1.98. The normalized spacial score (nSPS) is 15.2. The van der Waals surface area contributed by atoms with Gasteiger partial charge in [-0.05, 0) is 12.3 Å². The highest BCUT2D eigenvalue weighted by Crippen LogP contribution is 2.24. The molecule has 124 valence electrons. The van der Waals surface area contributed by atoms with Gasteiger partial charge in [0.05, 0.1) is 6.33 Å². The van der Waals surface area contributed by atoms with Crippen molar-refractivity contribution in [3.63, 3.8) is 0 Å². The first-order valence-corrected chi connectivity index (χ1v) is 8.97. The number of aryl methyl sites for hydroxylation is 1. The van der Waals surface area contributed by atoms with E-state index < -0.39 is 0 Å². The van der Waals surface area contributed by atoms with Crippen molar-refractivity contribution < 1.29 is 0 Å². The summed E-state index contributed by atoms with van der Waals surface area (Å²) in [4.78, 5) is 26.5. The third-order valence-electron chi connectivity index (χ3n) is 4.19. The smallest absolute Gasteiger partial charge is 0.189 e. The Bertz CT molecular complexity index is 856. The second-order valence-corrected chi connectivity index (χ2v) is 6.37. The van der Waals surface area contributed by atoms with Crippen LogP contribution in [0.5, 0.6) is 0 Å². The molecule has 0 unspecified atom stereocenters. The molecule has 0 amide bonds. The molecule has 0 aromatic carbocycles. The number of fused-ring (bicyclic) bond motifs is 1. The molecule has 3 aromatic rings. The number of piperazine rings is 1. The van der Waals surface area contributed by atoms with E-state index in [9.17, 15) is 0 Å². The summed E-state index contributed by atoms with van der Waals surface area (Å²) >= 11 is 1.56. The lowest BCUT2D eigenvalue weighted by Crippen LogP contribution is -2.47. The maximum absolute atomic E-state index is 4.59. The summed E-state index contributed by atoms with van der Waals surface area (Å²) in [5, 5.41) is 0.808. The minimum absolute atomic E-state index is 0.741. The number of hydrogen-bond donors (Lipinski definition) is 0. The molecule has 1 fully saturated rings. The van der Waals surface area contributed by atoms with Gasteiger partial charge in [0.1, 0.15) is 17.7 Å². The summed E-state index contributed by atoms with van der Waals surface area (Å²) in [6.07, 6.45) is 7.19. The fourth-order valence-electron chi connectivity index (χ4n) is 2.95. The zero-order chi connectivity index (χ0) is 16.5. The quantitative estimate of drug-likeness (QED) is 0.519. The Morgan fingerprint density at radius 1 is 1.00 bits per heavy atom. The molecule has 0 spiro atoms. The topological polar surface area (TPSA) is 75.9 Å². The van der Waals surface area contributed by atoms with Crippen LogP contribution in [-0.2, 0) is 7.05 Å². The number of rotatable bonds is 3. The van der Waals surface area contributed by atoms with Crippen molar-refractivity contribution in [2.45, 2.75) is 5.16 Å². The fourth-order valence-corrected chi connectivity index (χ4v) is 3.31. The Morgan fingerprint density at radius 3 is 2.58 bits per heavy atom. The van der Waals surface area contributed by atoms with E-state index in [1.54, 1.807) is 24.4 Å². The Labute approximate surface area is 144 Å². The van der Waals surface area contributed by atoms with Crippen molar-refractivity contribution in [2.24, 2.45) is 7.05 Å². The number of imidazole rings is 1. The van der Waals surface area contributed by atoms with E-state index in [0.29, 0.717) is 0 Å². The Morgan fingerprint density at radius 2 is 1.79 bits per heavy atom. The molecular weight excluding hydrogens is 324 g/mol. The first-order chi connectivity index (χ1) is 11.8. The zero-order valence-corrected chi connectivity index (χ0v) is 14.4. The third kappa shape index (κ3) is 2.64. The van der Waals surface area contributed by atoms with E-state index in [-0.39, 0.29) is 0 Å². The lowest BCUT2D eigenvalue weighted by atomic mass is 10.3. The van der Waals surface area contributed by atoms with Crippen LogP contribution in [-0.4, -0.2) is 61.9 Å². The van der Waals surface area contributed by atoms with Crippen LogP contribution in [0, 0.1) is 0 Å². The van der Waals surface area contributed by atoms with Crippen molar-refractivity contribution in [3.05, 3.63) is 24.9 Å². The number of thioether (sulfide) groups is 1. The number of aromatic nitrogens is 6. The first kappa shape index (κ1) is 15.1. The van der Waals surface area contributed by atoms with Crippen molar-refractivity contribution in [1.82, 2.24) is 29.5 Å². The van der Waals surface area contributed by atoms with E-state index in [4.69, 9.17) is 0 Å². The molecule has 3 aromatic heterocycles. The molecule has 1 saturated heterocycles. The van der Waals surface area contributed by atoms with Gasteiger partial charge in [0.15, 0.2) is 16.6 Å². The molecule has 24 heavy (non-hydrogen) atoms. The van der Waals surface area contributed by atoms with Crippen molar-refractivity contribution in [1.29, 1.82) is 0 Å². The highest BCUT2D eigenvalue weighted by molar-refractivity contribution is 7.98. The van der Waals surface area contributed by atoms with E-state index in [2.05, 4.69) is 34.7 Å². The van der Waals surface area contributed by atoms with Gasteiger partial charge in [0.2, 0.25) is 0 Å². The van der Waals surface area contributed by atoms with Gasteiger partial charge in [-0.15, -0.1) is 0 Å². The van der Waals surface area contributed by atoms with Gasteiger partial charge in [0.25, 0.3) is 0 Å². The van der Waals surface area contributed by atoms with Gasteiger partial charge >= 0.3 is 0 Å². The standard InChI is InChI=1S/C15H18N8S/c1-21-10-19-13-12(21)14(18-9-17-13)23-7-5-22(6-8-23)11-3-4-16-15(20-11)24-2/h3-4,9-10H,5-8H2,1-2H3. The van der Waals surface area contributed by atoms with Crippen LogP contribution >= 0.6 is 11.8 Å². The molecule has 0 N–H and O–H groups in total. The monoisotopic (exact) mass is 342 g/mol. The lowest BCUT2D eigenvalue weighted by Gasteiger charge is -2.36. The lowest BCUT2D eigenvalue weighted by molar-refractivity contribution is 0.638. The van der Waals surface area contributed by atoms with Crippen LogP contribution in [0.3, 0.4) is 0 Å². The Kier molecular flexibility index (Phi) is 3.93. The summed E-state index contributed by atoms with van der Waals surface area (Å²) in [6.45, 7) is 3.56. The molecule has 9 heteroatoms. The third-order valence-corrected chi connectivity index (χ3v) is 4.76. The molecule has 4 rings (SSSR count). The molecule has 4 heterocycles. The minimum Gasteiger partial charge on any atom is -0.353 e. The van der Waals surface area contributed by atoms with E-state index in [1.807, 2.05) is 30.1 Å². The maximum Gasteiger partial charge on any atom is 0.189 e. The Hall–Kier alpha value is -2.42. The Balaban J connectivity index is 1.54. The van der Waals surface area contributed by atoms with Gasteiger partial charge in [0, 0.05) is 39.4 Å². The van der Waals surface area contributed by atoms with Gasteiger partial charge in [-0.25, -0.2) is 24.9 Å². The predicted molar refractivity (Wildman–Crippen MR) is 94.5 cm³/mol. The molecule has 0 radical (unpaired) electrons. The van der Waals surface area contributed by atoms with Gasteiger partial charge in [-0.1, -0.05) is 11.8 Å². The van der Waals surface area contributed by atoms with Crippen LogP contribution < -0.4 is 9.80 Å². The van der Waals surface area contributed by atoms with Crippen molar-refractivity contribution >= 4 is 34.6 Å². The van der Waals surface area contributed by atoms with E-state index >= 15 is 0 Å². The maximum atomic E-state index is 4.59. The fraction of sp³-hybridized carbons (Fsp3) is 0.400. The minimum atomic E-state index is 0.741. The summed E-state index contributed by atoms with van der Waals surface area (Å²) in [5.41, 5.74) is 1.72.